The highest BCUT2D eigenvalue weighted by atomic mass is 127. The Labute approximate surface area is 165 Å². The van der Waals surface area contributed by atoms with Gasteiger partial charge in [0.1, 0.15) is 0 Å². The van der Waals surface area contributed by atoms with E-state index in [2.05, 4.69) is 15.6 Å². The van der Waals surface area contributed by atoms with E-state index >= 15 is 0 Å². The topological polar surface area (TPSA) is 98.0 Å². The monoisotopic (exact) mass is 462 g/mol. The van der Waals surface area contributed by atoms with Gasteiger partial charge in [0.25, 0.3) is 0 Å². The molecule has 25 heavy (non-hydrogen) atoms. The molecule has 0 heterocycles. The first-order valence-electron chi connectivity index (χ1n) is 8.21. The minimum Gasteiger partial charge on any atom is -0.450 e. The van der Waals surface area contributed by atoms with Gasteiger partial charge in [-0.3, -0.25) is 4.99 Å². The summed E-state index contributed by atoms with van der Waals surface area (Å²) in [6.45, 7) is 3.05. The van der Waals surface area contributed by atoms with Crippen LogP contribution in [0.25, 0.3) is 0 Å². The highest BCUT2D eigenvalue weighted by Crippen LogP contribution is 2.32. The molecule has 1 aromatic rings. The second-order valence-electron chi connectivity index (χ2n) is 5.75. The smallest absolute Gasteiger partial charge is 0.407 e. The first-order valence-corrected chi connectivity index (χ1v) is 8.21. The van der Waals surface area contributed by atoms with Gasteiger partial charge in [-0.25, -0.2) is 4.79 Å². The predicted octanol–water partition coefficient (Wildman–Crippen LogP) is 2.70. The number of anilines is 1. The molecule has 1 unspecified atom stereocenters. The second kappa shape index (κ2) is 11.1. The van der Waals surface area contributed by atoms with E-state index in [1.165, 1.54) is 0 Å². The number of rotatable bonds is 8. The third-order valence-corrected chi connectivity index (χ3v) is 3.81. The minimum absolute atomic E-state index is 0. The van der Waals surface area contributed by atoms with Gasteiger partial charge >= 0.3 is 6.09 Å². The fourth-order valence-electron chi connectivity index (χ4n) is 2.43. The molecule has 1 aromatic carbocycles. The number of carbonyl (C=O) groups excluding carboxylic acids is 1. The molecule has 1 fully saturated rings. The lowest BCUT2D eigenvalue weighted by Crippen LogP contribution is -2.40. The zero-order chi connectivity index (χ0) is 17.4. The zero-order valence-electron chi connectivity index (χ0n) is 14.7. The summed E-state index contributed by atoms with van der Waals surface area (Å²) in [5.74, 6) is 0.765. The fourth-order valence-corrected chi connectivity index (χ4v) is 2.43. The molecule has 0 aliphatic heterocycles. The van der Waals surface area contributed by atoms with Crippen LogP contribution in [-0.4, -0.2) is 38.4 Å². The van der Waals surface area contributed by atoms with Gasteiger partial charge in [-0.15, -0.1) is 24.0 Å². The molecule has 0 saturated heterocycles. The highest BCUT2D eigenvalue weighted by molar-refractivity contribution is 14.0. The van der Waals surface area contributed by atoms with Gasteiger partial charge in [-0.1, -0.05) is 18.2 Å². The number of methoxy groups -OCH3 is 1. The van der Waals surface area contributed by atoms with E-state index in [0.29, 0.717) is 31.6 Å². The SMILES string of the molecule is CCOC(=O)NC(CN=C(N)Nc1ccccc1COC)C1CC1.I. The molecule has 140 valence electrons. The number of nitrogens with two attached hydrogens (primary N) is 1. The molecule has 0 spiro atoms. The van der Waals surface area contributed by atoms with E-state index in [1.54, 1.807) is 14.0 Å². The van der Waals surface area contributed by atoms with E-state index in [1.807, 2.05) is 24.3 Å². The van der Waals surface area contributed by atoms with Crippen molar-refractivity contribution in [3.05, 3.63) is 29.8 Å². The number of nitrogens with one attached hydrogen (secondary N) is 2. The minimum atomic E-state index is -0.401. The number of benzene rings is 1. The van der Waals surface area contributed by atoms with Crippen molar-refractivity contribution < 1.29 is 14.3 Å². The van der Waals surface area contributed by atoms with Crippen LogP contribution < -0.4 is 16.4 Å². The summed E-state index contributed by atoms with van der Waals surface area (Å²) in [6, 6.07) is 7.71. The molecule has 1 aliphatic carbocycles. The number of hydrogen-bond donors (Lipinski definition) is 3. The third kappa shape index (κ3) is 7.47. The van der Waals surface area contributed by atoms with Crippen LogP contribution in [0.1, 0.15) is 25.3 Å². The number of para-hydroxylation sites is 1. The average Bonchev–Trinajstić information content (AvgIpc) is 3.38. The summed E-state index contributed by atoms with van der Waals surface area (Å²) in [6.07, 6.45) is 1.79. The summed E-state index contributed by atoms with van der Waals surface area (Å²) in [7, 11) is 1.65. The van der Waals surface area contributed by atoms with E-state index < -0.39 is 6.09 Å². The lowest BCUT2D eigenvalue weighted by Gasteiger charge is -2.16. The van der Waals surface area contributed by atoms with Crippen molar-refractivity contribution in [2.75, 3.05) is 25.6 Å². The van der Waals surface area contributed by atoms with Crippen LogP contribution >= 0.6 is 24.0 Å². The number of hydrogen-bond acceptors (Lipinski definition) is 4. The van der Waals surface area contributed by atoms with Crippen molar-refractivity contribution in [1.29, 1.82) is 0 Å². The third-order valence-electron chi connectivity index (χ3n) is 3.81. The number of ether oxygens (including phenoxy) is 2. The van der Waals surface area contributed by atoms with Gasteiger partial charge in [-0.05, 0) is 31.7 Å². The van der Waals surface area contributed by atoms with Crippen molar-refractivity contribution in [1.82, 2.24) is 5.32 Å². The zero-order valence-corrected chi connectivity index (χ0v) is 17.0. The summed E-state index contributed by atoms with van der Waals surface area (Å²) in [5, 5.41) is 5.95. The van der Waals surface area contributed by atoms with E-state index in [4.69, 9.17) is 15.2 Å². The number of aliphatic imine (C=N–C) groups is 1. The Morgan fingerprint density at radius 3 is 2.76 bits per heavy atom. The van der Waals surface area contributed by atoms with E-state index in [9.17, 15) is 4.79 Å². The van der Waals surface area contributed by atoms with Crippen molar-refractivity contribution in [2.45, 2.75) is 32.4 Å². The maximum absolute atomic E-state index is 11.6. The lowest BCUT2D eigenvalue weighted by molar-refractivity contribution is 0.147. The summed E-state index contributed by atoms with van der Waals surface area (Å²) in [5.41, 5.74) is 7.85. The molecule has 1 aliphatic rings. The molecule has 4 N–H and O–H groups in total. The molecule has 1 atom stereocenters. The molecule has 7 nitrogen and oxygen atoms in total. The Bertz CT molecular complexity index is 579. The van der Waals surface area contributed by atoms with Gasteiger partial charge in [-0.2, -0.15) is 0 Å². The Kier molecular flexibility index (Phi) is 9.58. The van der Waals surface area contributed by atoms with Crippen molar-refractivity contribution in [3.63, 3.8) is 0 Å². The molecular weight excluding hydrogens is 435 g/mol. The first-order chi connectivity index (χ1) is 11.6. The Balaban J connectivity index is 0.00000312. The van der Waals surface area contributed by atoms with Crippen LogP contribution in [0.2, 0.25) is 0 Å². The largest absolute Gasteiger partial charge is 0.450 e. The Morgan fingerprint density at radius 2 is 2.12 bits per heavy atom. The van der Waals surface area contributed by atoms with Crippen molar-refractivity contribution >= 4 is 41.7 Å². The van der Waals surface area contributed by atoms with Crippen LogP contribution in [0.3, 0.4) is 0 Å². The molecule has 1 amide bonds. The number of alkyl carbamates (subject to hydrolysis) is 1. The van der Waals surface area contributed by atoms with Crippen LogP contribution in [0.4, 0.5) is 10.5 Å². The van der Waals surface area contributed by atoms with Crippen LogP contribution in [0.5, 0.6) is 0 Å². The van der Waals surface area contributed by atoms with Crippen molar-refractivity contribution in [2.24, 2.45) is 16.6 Å². The molecule has 8 heteroatoms. The molecule has 2 rings (SSSR count). The Hall–Kier alpha value is -1.55. The molecule has 0 bridgehead atoms. The van der Waals surface area contributed by atoms with E-state index in [0.717, 1.165) is 24.1 Å². The number of nitrogens with zero attached hydrogens (tertiary/aromatic N) is 1. The van der Waals surface area contributed by atoms with Gasteiger partial charge in [0.2, 0.25) is 0 Å². The normalized spacial score (nSPS) is 15.0. The van der Waals surface area contributed by atoms with Gasteiger partial charge in [0.05, 0.1) is 25.8 Å². The van der Waals surface area contributed by atoms with Gasteiger partial charge in [0, 0.05) is 18.4 Å². The van der Waals surface area contributed by atoms with Gasteiger partial charge < -0.3 is 25.8 Å². The molecule has 1 saturated carbocycles. The van der Waals surface area contributed by atoms with Crippen LogP contribution in [0.15, 0.2) is 29.3 Å². The first kappa shape index (κ1) is 21.5. The quantitative estimate of drug-likeness (QED) is 0.314. The Morgan fingerprint density at radius 1 is 1.40 bits per heavy atom. The fraction of sp³-hybridized carbons (Fsp3) is 0.529. The number of carbonyl (C=O) groups is 1. The molecular formula is C17H27IN4O3. The standard InChI is InChI=1S/C17H26N4O3.HI/c1-3-24-17(22)21-15(12-8-9-12)10-19-16(18)20-14-7-5-4-6-13(14)11-23-2;/h4-7,12,15H,3,8-11H2,1-2H3,(H,21,22)(H3,18,19,20);1H. The summed E-state index contributed by atoms with van der Waals surface area (Å²) in [4.78, 5) is 16.0. The van der Waals surface area contributed by atoms with Crippen LogP contribution in [0, 0.1) is 5.92 Å². The van der Waals surface area contributed by atoms with Crippen LogP contribution in [-0.2, 0) is 16.1 Å². The molecule has 0 radical (unpaired) electrons. The highest BCUT2D eigenvalue weighted by Gasteiger charge is 2.32. The average molecular weight is 462 g/mol. The number of guanidine groups is 1. The predicted molar refractivity (Wildman–Crippen MR) is 109 cm³/mol. The maximum atomic E-state index is 11.6. The van der Waals surface area contributed by atoms with Gasteiger partial charge in [0.15, 0.2) is 5.96 Å². The molecule has 0 aromatic heterocycles. The lowest BCUT2D eigenvalue weighted by atomic mass is 10.2. The van der Waals surface area contributed by atoms with E-state index in [-0.39, 0.29) is 30.0 Å². The number of amides is 1. The number of halogens is 1. The van der Waals surface area contributed by atoms with Crippen molar-refractivity contribution in [3.8, 4) is 0 Å². The summed E-state index contributed by atoms with van der Waals surface area (Å²) < 4.78 is 10.1. The summed E-state index contributed by atoms with van der Waals surface area (Å²) >= 11 is 0. The second-order valence-corrected chi connectivity index (χ2v) is 5.75. The maximum Gasteiger partial charge on any atom is 0.407 e.